The van der Waals surface area contributed by atoms with E-state index in [1.165, 1.54) is 5.56 Å². The predicted molar refractivity (Wildman–Crippen MR) is 92.9 cm³/mol. The molecule has 0 bridgehead atoms. The van der Waals surface area contributed by atoms with Gasteiger partial charge >= 0.3 is 0 Å². The summed E-state index contributed by atoms with van der Waals surface area (Å²) >= 11 is 3.49. The molecule has 2 fully saturated rings. The van der Waals surface area contributed by atoms with Crippen molar-refractivity contribution in [2.24, 2.45) is 5.92 Å². The maximum absolute atomic E-state index is 13.2. The van der Waals surface area contributed by atoms with E-state index in [2.05, 4.69) is 33.0 Å². The number of hydrogen-bond donors (Lipinski definition) is 0. The van der Waals surface area contributed by atoms with Crippen LogP contribution in [0.1, 0.15) is 31.2 Å². The summed E-state index contributed by atoms with van der Waals surface area (Å²) in [6.45, 7) is 3.05. The highest BCUT2D eigenvalue weighted by atomic mass is 79.9. The van der Waals surface area contributed by atoms with Crippen molar-refractivity contribution in [3.63, 3.8) is 0 Å². The molecule has 6 heteroatoms. The average molecular weight is 401 g/mol. The van der Waals surface area contributed by atoms with E-state index in [9.17, 15) is 13.6 Å². The second kappa shape index (κ2) is 7.48. The van der Waals surface area contributed by atoms with Crippen LogP contribution >= 0.6 is 15.9 Å². The summed E-state index contributed by atoms with van der Waals surface area (Å²) in [6, 6.07) is 8.26. The van der Waals surface area contributed by atoms with Gasteiger partial charge in [0.1, 0.15) is 0 Å². The lowest BCUT2D eigenvalue weighted by Gasteiger charge is -2.37. The monoisotopic (exact) mass is 400 g/mol. The van der Waals surface area contributed by atoms with E-state index in [1.54, 1.807) is 4.90 Å². The summed E-state index contributed by atoms with van der Waals surface area (Å²) in [5.74, 6) is -2.52. The Bertz CT molecular complexity index is 578. The first-order chi connectivity index (χ1) is 11.4. The van der Waals surface area contributed by atoms with Crippen LogP contribution in [-0.2, 0) is 11.3 Å². The number of benzene rings is 1. The van der Waals surface area contributed by atoms with E-state index >= 15 is 0 Å². The molecule has 1 amide bonds. The Labute approximate surface area is 150 Å². The third-order valence-electron chi connectivity index (χ3n) is 5.04. The molecule has 2 aliphatic rings. The predicted octanol–water partition coefficient (Wildman–Crippen LogP) is 3.92. The Morgan fingerprint density at radius 1 is 1.17 bits per heavy atom. The van der Waals surface area contributed by atoms with Gasteiger partial charge in [-0.25, -0.2) is 8.78 Å². The SMILES string of the molecule is O=C(C1CCN(Cc2cccc(Br)c2)CC1)N1CCC(F)(F)CC1. The van der Waals surface area contributed by atoms with E-state index in [0.29, 0.717) is 0 Å². The number of likely N-dealkylation sites (tertiary alicyclic amines) is 2. The molecule has 24 heavy (non-hydrogen) atoms. The first-order valence-corrected chi connectivity index (χ1v) is 9.36. The molecule has 0 atom stereocenters. The van der Waals surface area contributed by atoms with Gasteiger partial charge in [0.2, 0.25) is 5.91 Å². The van der Waals surface area contributed by atoms with Crippen molar-refractivity contribution in [3.8, 4) is 0 Å². The van der Waals surface area contributed by atoms with Crippen LogP contribution in [0.4, 0.5) is 8.78 Å². The molecule has 0 N–H and O–H groups in total. The van der Waals surface area contributed by atoms with Crippen LogP contribution in [0.15, 0.2) is 28.7 Å². The molecular formula is C18H23BrF2N2O. The van der Waals surface area contributed by atoms with Crippen molar-refractivity contribution in [3.05, 3.63) is 34.3 Å². The number of rotatable bonds is 3. The number of hydrogen-bond acceptors (Lipinski definition) is 2. The molecule has 0 radical (unpaired) electrons. The Hall–Kier alpha value is -1.01. The zero-order chi connectivity index (χ0) is 17.2. The topological polar surface area (TPSA) is 23.6 Å². The van der Waals surface area contributed by atoms with Gasteiger partial charge in [-0.15, -0.1) is 0 Å². The van der Waals surface area contributed by atoms with Gasteiger partial charge in [0.05, 0.1) is 0 Å². The quantitative estimate of drug-likeness (QED) is 0.767. The number of piperidine rings is 2. The number of amides is 1. The molecule has 1 aromatic rings. The van der Waals surface area contributed by atoms with Gasteiger partial charge in [-0.3, -0.25) is 9.69 Å². The van der Waals surface area contributed by atoms with E-state index in [1.807, 2.05) is 12.1 Å². The van der Waals surface area contributed by atoms with Crippen molar-refractivity contribution >= 4 is 21.8 Å². The van der Waals surface area contributed by atoms with E-state index in [0.717, 1.165) is 36.9 Å². The Kier molecular flexibility index (Phi) is 5.55. The third-order valence-corrected chi connectivity index (χ3v) is 5.53. The second-order valence-corrected chi connectivity index (χ2v) is 7.78. The van der Waals surface area contributed by atoms with Gasteiger partial charge in [0.15, 0.2) is 0 Å². The van der Waals surface area contributed by atoms with Crippen molar-refractivity contribution in [1.82, 2.24) is 9.80 Å². The molecule has 1 aromatic carbocycles. The molecule has 132 valence electrons. The van der Waals surface area contributed by atoms with Gasteiger partial charge in [0.25, 0.3) is 5.92 Å². The molecule has 2 heterocycles. The Morgan fingerprint density at radius 2 is 1.83 bits per heavy atom. The first kappa shape index (κ1) is 17.8. The van der Waals surface area contributed by atoms with Crippen LogP contribution in [0.5, 0.6) is 0 Å². The summed E-state index contributed by atoms with van der Waals surface area (Å²) in [5, 5.41) is 0. The van der Waals surface area contributed by atoms with Crippen LogP contribution in [-0.4, -0.2) is 47.8 Å². The molecule has 0 saturated carbocycles. The fourth-order valence-corrected chi connectivity index (χ4v) is 3.99. The number of alkyl halides is 2. The first-order valence-electron chi connectivity index (χ1n) is 8.56. The summed E-state index contributed by atoms with van der Waals surface area (Å²) in [6.07, 6.45) is 1.25. The Morgan fingerprint density at radius 3 is 2.46 bits per heavy atom. The molecule has 2 saturated heterocycles. The van der Waals surface area contributed by atoms with Crippen molar-refractivity contribution in [1.29, 1.82) is 0 Å². The highest BCUT2D eigenvalue weighted by Gasteiger charge is 2.37. The average Bonchev–Trinajstić information content (AvgIpc) is 2.55. The van der Waals surface area contributed by atoms with Crippen molar-refractivity contribution < 1.29 is 13.6 Å². The second-order valence-electron chi connectivity index (χ2n) is 6.86. The van der Waals surface area contributed by atoms with Crippen LogP contribution in [0, 0.1) is 5.92 Å². The van der Waals surface area contributed by atoms with E-state index in [4.69, 9.17) is 0 Å². The smallest absolute Gasteiger partial charge is 0.251 e. The molecule has 0 aliphatic carbocycles. The molecule has 3 nitrogen and oxygen atoms in total. The minimum absolute atomic E-state index is 0.00418. The van der Waals surface area contributed by atoms with Gasteiger partial charge < -0.3 is 4.90 Å². The maximum Gasteiger partial charge on any atom is 0.251 e. The fourth-order valence-electron chi connectivity index (χ4n) is 3.54. The third kappa shape index (κ3) is 4.54. The lowest BCUT2D eigenvalue weighted by Crippen LogP contribution is -2.47. The number of carbonyl (C=O) groups excluding carboxylic acids is 1. The van der Waals surface area contributed by atoms with Gasteiger partial charge in [-0.05, 0) is 43.6 Å². The fraction of sp³-hybridized carbons (Fsp3) is 0.611. The highest BCUT2D eigenvalue weighted by Crippen LogP contribution is 2.30. The molecule has 2 aliphatic heterocycles. The Balaban J connectivity index is 1.47. The summed E-state index contributed by atoms with van der Waals surface area (Å²) < 4.78 is 27.5. The van der Waals surface area contributed by atoms with Crippen LogP contribution in [0.2, 0.25) is 0 Å². The molecular weight excluding hydrogens is 378 g/mol. The number of halogens is 3. The lowest BCUT2D eigenvalue weighted by atomic mass is 9.93. The van der Waals surface area contributed by atoms with E-state index < -0.39 is 5.92 Å². The van der Waals surface area contributed by atoms with Gasteiger partial charge in [0, 0.05) is 42.9 Å². The largest absolute Gasteiger partial charge is 0.342 e. The van der Waals surface area contributed by atoms with Gasteiger partial charge in [-0.1, -0.05) is 28.1 Å². The summed E-state index contributed by atoms with van der Waals surface area (Å²) in [5.41, 5.74) is 1.26. The van der Waals surface area contributed by atoms with Crippen LogP contribution in [0.3, 0.4) is 0 Å². The number of nitrogens with zero attached hydrogens (tertiary/aromatic N) is 2. The minimum atomic E-state index is -2.59. The maximum atomic E-state index is 13.2. The van der Waals surface area contributed by atoms with Crippen LogP contribution in [0.25, 0.3) is 0 Å². The molecule has 0 spiro atoms. The highest BCUT2D eigenvalue weighted by molar-refractivity contribution is 9.10. The standard InChI is InChI=1S/C18H23BrF2N2O/c19-16-3-1-2-14(12-16)13-22-8-4-15(5-9-22)17(24)23-10-6-18(20,21)7-11-23/h1-3,12,15H,4-11,13H2. The van der Waals surface area contributed by atoms with Crippen LogP contribution < -0.4 is 0 Å². The minimum Gasteiger partial charge on any atom is -0.342 e. The molecule has 3 rings (SSSR count). The summed E-state index contributed by atoms with van der Waals surface area (Å²) in [7, 11) is 0. The lowest BCUT2D eigenvalue weighted by molar-refractivity contribution is -0.143. The van der Waals surface area contributed by atoms with E-state index in [-0.39, 0.29) is 37.8 Å². The molecule has 0 aromatic heterocycles. The van der Waals surface area contributed by atoms with Crippen molar-refractivity contribution in [2.75, 3.05) is 26.2 Å². The zero-order valence-electron chi connectivity index (χ0n) is 13.7. The normalized spacial score (nSPS) is 22.5. The van der Waals surface area contributed by atoms with Crippen molar-refractivity contribution in [2.45, 2.75) is 38.2 Å². The number of carbonyl (C=O) groups is 1. The zero-order valence-corrected chi connectivity index (χ0v) is 15.3. The molecule has 0 unspecified atom stereocenters. The summed E-state index contributed by atoms with van der Waals surface area (Å²) in [4.78, 5) is 16.5. The van der Waals surface area contributed by atoms with Gasteiger partial charge in [-0.2, -0.15) is 0 Å².